The number of benzene rings is 3. The lowest BCUT2D eigenvalue weighted by molar-refractivity contribution is -0.121. The molecule has 1 N–H and O–H groups in total. The van der Waals surface area contributed by atoms with Crippen LogP contribution in [0, 0.1) is 0 Å². The summed E-state index contributed by atoms with van der Waals surface area (Å²) < 4.78 is 0. The van der Waals surface area contributed by atoms with Gasteiger partial charge in [0.2, 0.25) is 5.91 Å². The average Bonchev–Trinajstić information content (AvgIpc) is 3.45. The number of thioether (sulfide) groups is 1. The van der Waals surface area contributed by atoms with Gasteiger partial charge in [0.05, 0.1) is 11.8 Å². The van der Waals surface area contributed by atoms with E-state index in [1.165, 1.54) is 11.8 Å². The molecule has 0 aromatic heterocycles. The van der Waals surface area contributed by atoms with Crippen molar-refractivity contribution >= 4 is 51.7 Å². The molecule has 0 radical (unpaired) electrons. The molecule has 2 heterocycles. The number of nitrogens with one attached hydrogen (secondary N) is 1. The fraction of sp³-hybridized carbons (Fsp3) is 0.154. The smallest absolute Gasteiger partial charge is 0.262 e. The fourth-order valence-electron chi connectivity index (χ4n) is 3.94. The van der Waals surface area contributed by atoms with Crippen LogP contribution in [0.5, 0.6) is 0 Å². The summed E-state index contributed by atoms with van der Waals surface area (Å²) in [5, 5.41) is 10.1. The Labute approximate surface area is 206 Å². The van der Waals surface area contributed by atoms with Crippen molar-refractivity contribution < 1.29 is 9.59 Å². The number of amides is 2. The number of carbonyl (C=O) groups excluding carboxylic acids is 2. The van der Waals surface area contributed by atoms with E-state index in [0.717, 1.165) is 16.8 Å². The number of aliphatic imine (C=N–C) groups is 1. The molecular formula is C26H21ClN4O2S. The minimum Gasteiger partial charge on any atom is -0.326 e. The zero-order valence-electron chi connectivity index (χ0n) is 18.1. The molecule has 3 aromatic carbocycles. The zero-order chi connectivity index (χ0) is 23.5. The molecule has 6 nitrogen and oxygen atoms in total. The van der Waals surface area contributed by atoms with Crippen molar-refractivity contribution in [2.45, 2.75) is 24.1 Å². The summed E-state index contributed by atoms with van der Waals surface area (Å²) in [7, 11) is 0. The molecule has 0 spiro atoms. The SMILES string of the molecule is O=C(C[C@H]1SC(N2N=C(c3ccc(Cl)cc3)C[C@H]2c2ccccc2)=NC1=O)Nc1ccccc1. The maximum absolute atomic E-state index is 12.7. The largest absolute Gasteiger partial charge is 0.326 e. The molecule has 8 heteroatoms. The lowest BCUT2D eigenvalue weighted by Crippen LogP contribution is -2.25. The summed E-state index contributed by atoms with van der Waals surface area (Å²) >= 11 is 7.35. The van der Waals surface area contributed by atoms with E-state index in [2.05, 4.69) is 10.3 Å². The van der Waals surface area contributed by atoms with Gasteiger partial charge in [0.1, 0.15) is 5.25 Å². The maximum Gasteiger partial charge on any atom is 0.262 e. The van der Waals surface area contributed by atoms with E-state index < -0.39 is 5.25 Å². The number of hydrogen-bond donors (Lipinski definition) is 1. The predicted octanol–water partition coefficient (Wildman–Crippen LogP) is 5.52. The summed E-state index contributed by atoms with van der Waals surface area (Å²) in [6.07, 6.45) is 0.710. The molecule has 3 aromatic rings. The van der Waals surface area contributed by atoms with Gasteiger partial charge in [-0.2, -0.15) is 10.1 Å². The predicted molar refractivity (Wildman–Crippen MR) is 137 cm³/mol. The first-order valence-electron chi connectivity index (χ1n) is 10.9. The van der Waals surface area contributed by atoms with Gasteiger partial charge >= 0.3 is 0 Å². The van der Waals surface area contributed by atoms with E-state index in [4.69, 9.17) is 16.7 Å². The van der Waals surface area contributed by atoms with Crippen LogP contribution in [0.15, 0.2) is 95.0 Å². The van der Waals surface area contributed by atoms with E-state index in [-0.39, 0.29) is 24.3 Å². The lowest BCUT2D eigenvalue weighted by Gasteiger charge is -2.23. The quantitative estimate of drug-likeness (QED) is 0.513. The van der Waals surface area contributed by atoms with Crippen molar-refractivity contribution in [2.75, 3.05) is 5.32 Å². The molecular weight excluding hydrogens is 468 g/mol. The molecule has 2 amide bonds. The number of para-hydroxylation sites is 1. The molecule has 0 fully saturated rings. The van der Waals surface area contributed by atoms with E-state index in [0.29, 0.717) is 22.3 Å². The molecule has 170 valence electrons. The van der Waals surface area contributed by atoms with Crippen LogP contribution in [0.25, 0.3) is 0 Å². The van der Waals surface area contributed by atoms with Gasteiger partial charge < -0.3 is 5.32 Å². The Balaban J connectivity index is 1.35. The first-order chi connectivity index (χ1) is 16.6. The molecule has 0 unspecified atom stereocenters. The Kier molecular flexibility index (Phi) is 6.47. The third-order valence-electron chi connectivity index (χ3n) is 5.63. The summed E-state index contributed by atoms with van der Waals surface area (Å²) in [4.78, 5) is 29.5. The number of amidine groups is 1. The van der Waals surface area contributed by atoms with Crippen molar-refractivity contribution in [2.24, 2.45) is 10.1 Å². The van der Waals surface area contributed by atoms with Gasteiger partial charge in [-0.15, -0.1) is 0 Å². The Bertz CT molecular complexity index is 1260. The lowest BCUT2D eigenvalue weighted by atomic mass is 9.99. The number of hydrazone groups is 1. The van der Waals surface area contributed by atoms with Gasteiger partial charge in [0.25, 0.3) is 5.91 Å². The first kappa shape index (κ1) is 22.4. The second kappa shape index (κ2) is 9.83. The van der Waals surface area contributed by atoms with Gasteiger partial charge in [-0.05, 0) is 35.4 Å². The monoisotopic (exact) mass is 488 g/mol. The number of hydrogen-bond acceptors (Lipinski definition) is 5. The van der Waals surface area contributed by atoms with Crippen LogP contribution >= 0.6 is 23.4 Å². The van der Waals surface area contributed by atoms with E-state index in [9.17, 15) is 9.59 Å². The summed E-state index contributed by atoms with van der Waals surface area (Å²) in [5.74, 6) is -0.537. The van der Waals surface area contributed by atoms with E-state index in [1.807, 2.05) is 89.9 Å². The number of rotatable bonds is 5. The van der Waals surface area contributed by atoms with Crippen molar-refractivity contribution in [1.29, 1.82) is 0 Å². The van der Waals surface area contributed by atoms with Crippen LogP contribution in [0.3, 0.4) is 0 Å². The van der Waals surface area contributed by atoms with Gasteiger partial charge in [0, 0.05) is 23.6 Å². The zero-order valence-corrected chi connectivity index (χ0v) is 19.7. The Morgan fingerprint density at radius 1 is 1.00 bits per heavy atom. The normalized spacial score (nSPS) is 19.7. The van der Waals surface area contributed by atoms with E-state index >= 15 is 0 Å². The minimum atomic E-state index is -0.579. The fourth-order valence-corrected chi connectivity index (χ4v) is 5.13. The molecule has 34 heavy (non-hydrogen) atoms. The van der Waals surface area contributed by atoms with Gasteiger partial charge in [-0.25, -0.2) is 5.01 Å². The van der Waals surface area contributed by atoms with Crippen molar-refractivity contribution in [1.82, 2.24) is 5.01 Å². The second-order valence-electron chi connectivity index (χ2n) is 7.99. The van der Waals surface area contributed by atoms with Gasteiger partial charge in [-0.1, -0.05) is 84.0 Å². The summed E-state index contributed by atoms with van der Waals surface area (Å²) in [6.45, 7) is 0. The third-order valence-corrected chi connectivity index (χ3v) is 7.02. The van der Waals surface area contributed by atoms with Crippen LogP contribution in [0.1, 0.15) is 30.0 Å². The Morgan fingerprint density at radius 2 is 1.68 bits per heavy atom. The second-order valence-corrected chi connectivity index (χ2v) is 9.59. The highest BCUT2D eigenvalue weighted by atomic mass is 35.5. The molecule has 0 saturated heterocycles. The van der Waals surface area contributed by atoms with Crippen molar-refractivity contribution in [3.05, 3.63) is 101 Å². The molecule has 2 aliphatic heterocycles. The molecule has 0 aliphatic carbocycles. The molecule has 2 aliphatic rings. The highest BCUT2D eigenvalue weighted by Gasteiger charge is 2.39. The number of anilines is 1. The molecule has 0 bridgehead atoms. The van der Waals surface area contributed by atoms with Crippen LogP contribution in [-0.2, 0) is 9.59 Å². The molecule has 5 rings (SSSR count). The third kappa shape index (κ3) is 4.90. The van der Waals surface area contributed by atoms with Crippen LogP contribution in [0.2, 0.25) is 5.02 Å². The van der Waals surface area contributed by atoms with Gasteiger partial charge in [0.15, 0.2) is 5.17 Å². The van der Waals surface area contributed by atoms with Crippen LogP contribution in [-0.4, -0.2) is 33.0 Å². The van der Waals surface area contributed by atoms with Crippen LogP contribution in [0.4, 0.5) is 5.69 Å². The summed E-state index contributed by atoms with van der Waals surface area (Å²) in [5.41, 5.74) is 3.65. The topological polar surface area (TPSA) is 74.1 Å². The summed E-state index contributed by atoms with van der Waals surface area (Å²) in [6, 6.07) is 26.7. The van der Waals surface area contributed by atoms with Crippen molar-refractivity contribution in [3.8, 4) is 0 Å². The Morgan fingerprint density at radius 3 is 2.38 bits per heavy atom. The van der Waals surface area contributed by atoms with Crippen molar-refractivity contribution in [3.63, 3.8) is 0 Å². The highest BCUT2D eigenvalue weighted by Crippen LogP contribution is 2.38. The van der Waals surface area contributed by atoms with E-state index in [1.54, 1.807) is 0 Å². The standard InChI is InChI=1S/C26H21ClN4O2S/c27-19-13-11-17(12-14-19)21-15-22(18-7-3-1-4-8-18)31(30-21)26-29-25(33)23(34-26)16-24(32)28-20-9-5-2-6-10-20/h1-14,22-23H,15-16H2,(H,28,32)/t22-,23+/m0/s1. The number of carbonyl (C=O) groups is 2. The molecule has 0 saturated carbocycles. The highest BCUT2D eigenvalue weighted by molar-refractivity contribution is 8.15. The first-order valence-corrected chi connectivity index (χ1v) is 12.1. The van der Waals surface area contributed by atoms with Crippen LogP contribution < -0.4 is 5.32 Å². The number of halogens is 1. The maximum atomic E-state index is 12.7. The number of nitrogens with zero attached hydrogens (tertiary/aromatic N) is 3. The average molecular weight is 489 g/mol. The Hall–Kier alpha value is -3.42. The molecule has 2 atom stereocenters. The van der Waals surface area contributed by atoms with Gasteiger partial charge in [-0.3, -0.25) is 9.59 Å². The minimum absolute atomic E-state index is 0.0446.